The molecular formula is C15H12N6O2S. The summed E-state index contributed by atoms with van der Waals surface area (Å²) in [6, 6.07) is 10.9. The first kappa shape index (κ1) is 14.5. The number of hydrogen-bond donors (Lipinski definition) is 1. The van der Waals surface area contributed by atoms with Crippen molar-refractivity contribution in [2.24, 2.45) is 0 Å². The van der Waals surface area contributed by atoms with Gasteiger partial charge in [-0.2, -0.15) is 13.4 Å². The van der Waals surface area contributed by atoms with Gasteiger partial charge >= 0.3 is 10.0 Å². The summed E-state index contributed by atoms with van der Waals surface area (Å²) in [5.74, 6) is 0.456. The van der Waals surface area contributed by atoms with Crippen LogP contribution in [0.15, 0.2) is 53.9 Å². The number of fused-ring (bicyclic) bond motifs is 2. The summed E-state index contributed by atoms with van der Waals surface area (Å²) >= 11 is 0. The largest absolute Gasteiger partial charge is 0.300 e. The molecular weight excluding hydrogens is 328 g/mol. The molecule has 1 N–H and O–H groups in total. The SMILES string of the molecule is Cc1ccn2nc(S(=O)(=O)Nc3nccc4ccccc34)nc2n1. The van der Waals surface area contributed by atoms with E-state index in [1.54, 1.807) is 31.5 Å². The second kappa shape index (κ2) is 5.24. The second-order valence-electron chi connectivity index (χ2n) is 5.19. The Morgan fingerprint density at radius 3 is 2.79 bits per heavy atom. The molecule has 3 heterocycles. The van der Waals surface area contributed by atoms with Crippen molar-refractivity contribution in [3.63, 3.8) is 0 Å². The molecule has 120 valence electrons. The number of nitrogens with one attached hydrogen (secondary N) is 1. The van der Waals surface area contributed by atoms with Crippen molar-refractivity contribution in [1.82, 2.24) is 24.6 Å². The molecule has 0 bridgehead atoms. The van der Waals surface area contributed by atoms with Gasteiger partial charge < -0.3 is 0 Å². The Hall–Kier alpha value is -3.07. The molecule has 0 aliphatic carbocycles. The minimum absolute atomic E-state index is 0.223. The highest BCUT2D eigenvalue weighted by atomic mass is 32.2. The van der Waals surface area contributed by atoms with Gasteiger partial charge in [-0.15, -0.1) is 5.10 Å². The summed E-state index contributed by atoms with van der Waals surface area (Å²) < 4.78 is 28.9. The fraction of sp³-hybridized carbons (Fsp3) is 0.0667. The first-order valence-corrected chi connectivity index (χ1v) is 8.58. The molecule has 24 heavy (non-hydrogen) atoms. The van der Waals surface area contributed by atoms with Gasteiger partial charge in [-0.1, -0.05) is 24.3 Å². The summed E-state index contributed by atoms with van der Waals surface area (Å²) in [4.78, 5) is 12.2. The Morgan fingerprint density at radius 1 is 1.08 bits per heavy atom. The Morgan fingerprint density at radius 2 is 1.92 bits per heavy atom. The molecule has 8 nitrogen and oxygen atoms in total. The third-order valence-corrected chi connectivity index (χ3v) is 4.59. The lowest BCUT2D eigenvalue weighted by atomic mass is 10.2. The van der Waals surface area contributed by atoms with Gasteiger partial charge in [0, 0.05) is 23.5 Å². The van der Waals surface area contributed by atoms with Gasteiger partial charge in [0.25, 0.3) is 10.9 Å². The normalized spacial score (nSPS) is 11.9. The highest BCUT2D eigenvalue weighted by Crippen LogP contribution is 2.22. The van der Waals surface area contributed by atoms with Gasteiger partial charge in [0.1, 0.15) is 5.82 Å². The molecule has 9 heteroatoms. The maximum absolute atomic E-state index is 12.6. The number of aromatic nitrogens is 5. The zero-order valence-corrected chi connectivity index (χ0v) is 13.4. The second-order valence-corrected chi connectivity index (χ2v) is 6.77. The first-order valence-electron chi connectivity index (χ1n) is 7.09. The number of nitrogens with zero attached hydrogens (tertiary/aromatic N) is 5. The van der Waals surface area contributed by atoms with Crippen molar-refractivity contribution in [1.29, 1.82) is 0 Å². The highest BCUT2D eigenvalue weighted by molar-refractivity contribution is 7.92. The summed E-state index contributed by atoms with van der Waals surface area (Å²) in [5.41, 5.74) is 0.725. The molecule has 0 saturated heterocycles. The van der Waals surface area contributed by atoms with Gasteiger partial charge in [0.2, 0.25) is 0 Å². The van der Waals surface area contributed by atoms with Crippen LogP contribution >= 0.6 is 0 Å². The fourth-order valence-electron chi connectivity index (χ4n) is 2.33. The molecule has 0 aliphatic heterocycles. The van der Waals surface area contributed by atoms with Crippen LogP contribution in [0.4, 0.5) is 5.82 Å². The van der Waals surface area contributed by atoms with Crippen LogP contribution in [0, 0.1) is 6.92 Å². The maximum Gasteiger partial charge on any atom is 0.300 e. The van der Waals surface area contributed by atoms with E-state index >= 15 is 0 Å². The van der Waals surface area contributed by atoms with Crippen LogP contribution in [-0.4, -0.2) is 33.0 Å². The molecule has 0 saturated carbocycles. The van der Waals surface area contributed by atoms with Crippen molar-refractivity contribution in [2.45, 2.75) is 12.1 Å². The van der Waals surface area contributed by atoms with E-state index in [0.717, 1.165) is 11.1 Å². The number of anilines is 1. The molecule has 0 amide bonds. The Balaban J connectivity index is 1.79. The third kappa shape index (κ3) is 2.44. The van der Waals surface area contributed by atoms with Crippen LogP contribution in [0.5, 0.6) is 0 Å². The van der Waals surface area contributed by atoms with Crippen LogP contribution in [-0.2, 0) is 10.0 Å². The molecule has 0 radical (unpaired) electrons. The lowest BCUT2D eigenvalue weighted by Crippen LogP contribution is -2.16. The predicted molar refractivity (Wildman–Crippen MR) is 88.1 cm³/mol. The van der Waals surface area contributed by atoms with Gasteiger partial charge in [-0.3, -0.25) is 4.72 Å². The van der Waals surface area contributed by atoms with Crippen LogP contribution in [0.1, 0.15) is 5.69 Å². The summed E-state index contributed by atoms with van der Waals surface area (Å²) in [7, 11) is -3.98. The molecule has 0 fully saturated rings. The van der Waals surface area contributed by atoms with Crippen LogP contribution in [0.2, 0.25) is 0 Å². The van der Waals surface area contributed by atoms with E-state index in [4.69, 9.17) is 0 Å². The molecule has 0 unspecified atom stereocenters. The summed E-state index contributed by atoms with van der Waals surface area (Å²) in [5, 5.41) is 5.19. The number of sulfonamides is 1. The van der Waals surface area contributed by atoms with Gasteiger partial charge in [0.05, 0.1) is 0 Å². The van der Waals surface area contributed by atoms with Crippen LogP contribution in [0.3, 0.4) is 0 Å². The molecule has 1 aromatic carbocycles. The average molecular weight is 340 g/mol. The van der Waals surface area contributed by atoms with E-state index in [-0.39, 0.29) is 16.8 Å². The van der Waals surface area contributed by atoms with Crippen molar-refractivity contribution in [2.75, 3.05) is 4.72 Å². The Kier molecular flexibility index (Phi) is 3.17. The minimum atomic E-state index is -3.98. The highest BCUT2D eigenvalue weighted by Gasteiger charge is 2.22. The molecule has 0 aliphatic rings. The fourth-order valence-corrected chi connectivity index (χ4v) is 3.24. The van der Waals surface area contributed by atoms with Crippen LogP contribution < -0.4 is 4.72 Å². The predicted octanol–water partition coefficient (Wildman–Crippen LogP) is 1.78. The molecule has 0 atom stereocenters. The quantitative estimate of drug-likeness (QED) is 0.610. The van der Waals surface area contributed by atoms with Gasteiger partial charge in [-0.05, 0) is 24.4 Å². The summed E-state index contributed by atoms with van der Waals surface area (Å²) in [6.07, 6.45) is 3.15. The number of benzene rings is 1. The molecule has 0 spiro atoms. The zero-order chi connectivity index (χ0) is 16.7. The first-order chi connectivity index (χ1) is 11.5. The number of aryl methyl sites for hydroxylation is 1. The van der Waals surface area contributed by atoms with E-state index in [9.17, 15) is 8.42 Å². The lowest BCUT2D eigenvalue weighted by molar-refractivity contribution is 0.592. The van der Waals surface area contributed by atoms with Crippen molar-refractivity contribution in [3.05, 3.63) is 54.5 Å². The van der Waals surface area contributed by atoms with Crippen molar-refractivity contribution in [3.8, 4) is 0 Å². The van der Waals surface area contributed by atoms with Crippen molar-refractivity contribution >= 4 is 32.4 Å². The van der Waals surface area contributed by atoms with E-state index in [1.165, 1.54) is 4.52 Å². The Labute approximate surface area is 137 Å². The zero-order valence-electron chi connectivity index (χ0n) is 12.6. The van der Waals surface area contributed by atoms with Crippen LogP contribution in [0.25, 0.3) is 16.6 Å². The van der Waals surface area contributed by atoms with Gasteiger partial charge in [-0.25, -0.2) is 14.5 Å². The molecule has 4 aromatic rings. The maximum atomic E-state index is 12.6. The minimum Gasteiger partial charge on any atom is -0.260 e. The lowest BCUT2D eigenvalue weighted by Gasteiger charge is -2.07. The third-order valence-electron chi connectivity index (χ3n) is 3.47. The number of pyridine rings is 1. The summed E-state index contributed by atoms with van der Waals surface area (Å²) in [6.45, 7) is 1.79. The molecule has 4 rings (SSSR count). The smallest absolute Gasteiger partial charge is 0.260 e. The van der Waals surface area contributed by atoms with E-state index in [0.29, 0.717) is 5.39 Å². The van der Waals surface area contributed by atoms with E-state index in [1.807, 2.05) is 24.3 Å². The van der Waals surface area contributed by atoms with Gasteiger partial charge in [0.15, 0.2) is 0 Å². The standard InChI is InChI=1S/C15H12N6O2S/c1-10-7-9-21-14(17-10)18-15(19-21)24(22,23)20-13-12-5-3-2-4-11(12)6-8-16-13/h2-9H,1H3,(H,16,20). The Bertz CT molecular complexity index is 1160. The molecule has 3 aromatic heterocycles. The number of hydrogen-bond acceptors (Lipinski definition) is 6. The van der Waals surface area contributed by atoms with E-state index in [2.05, 4.69) is 24.8 Å². The average Bonchev–Trinajstić information content (AvgIpc) is 2.99. The number of rotatable bonds is 3. The van der Waals surface area contributed by atoms with E-state index < -0.39 is 10.0 Å². The van der Waals surface area contributed by atoms with Crippen molar-refractivity contribution < 1.29 is 8.42 Å². The topological polar surface area (TPSA) is 102 Å². The monoisotopic (exact) mass is 340 g/mol.